The van der Waals surface area contributed by atoms with Crippen LogP contribution in [0.5, 0.6) is 0 Å². The molecule has 248 valence electrons. The van der Waals surface area contributed by atoms with E-state index in [0.717, 1.165) is 60.9 Å². The lowest BCUT2D eigenvalue weighted by Gasteiger charge is -2.37. The number of hydrogen-bond acceptors (Lipinski definition) is 5. The second-order valence-electron chi connectivity index (χ2n) is 12.6. The van der Waals surface area contributed by atoms with Gasteiger partial charge in [0, 0.05) is 24.2 Å². The molecular weight excluding hydrogens is 586 g/mol. The number of ether oxygens (including phenoxy) is 3. The van der Waals surface area contributed by atoms with Crippen molar-refractivity contribution in [3.63, 3.8) is 0 Å². The summed E-state index contributed by atoms with van der Waals surface area (Å²) < 4.78 is 19.4. The number of unbranched alkanes of at least 4 members (excludes halogenated alkanes) is 3. The quantitative estimate of drug-likeness (QED) is 0.123. The highest BCUT2D eigenvalue weighted by molar-refractivity contribution is 5.93. The summed E-state index contributed by atoms with van der Waals surface area (Å²) in [5.74, 6) is 0.0649. The van der Waals surface area contributed by atoms with Crippen LogP contribution < -0.4 is 0 Å². The highest BCUT2D eigenvalue weighted by atomic mass is 16.7. The second kappa shape index (κ2) is 17.2. The van der Waals surface area contributed by atoms with Crippen LogP contribution in [0.4, 0.5) is 4.79 Å². The largest absolute Gasteiger partial charge is 0.444 e. The molecule has 0 bridgehead atoms. The van der Waals surface area contributed by atoms with E-state index in [9.17, 15) is 9.59 Å². The van der Waals surface area contributed by atoms with E-state index >= 15 is 0 Å². The molecule has 1 fully saturated rings. The Bertz CT molecular complexity index is 1470. The maximum Gasteiger partial charge on any atom is 0.414 e. The first-order chi connectivity index (χ1) is 23.0. The van der Waals surface area contributed by atoms with E-state index in [1.54, 1.807) is 11.0 Å². The number of rotatable bonds is 15. The molecule has 6 nitrogen and oxygen atoms in total. The molecule has 6 heteroatoms. The normalized spacial score (nSPS) is 22.9. The van der Waals surface area contributed by atoms with Gasteiger partial charge in [0.15, 0.2) is 12.1 Å². The van der Waals surface area contributed by atoms with Crippen molar-refractivity contribution in [1.82, 2.24) is 4.90 Å². The van der Waals surface area contributed by atoms with Gasteiger partial charge in [0.2, 0.25) is 0 Å². The minimum Gasteiger partial charge on any atom is -0.444 e. The molecule has 3 aromatic carbocycles. The highest BCUT2D eigenvalue weighted by Crippen LogP contribution is 2.51. The van der Waals surface area contributed by atoms with Crippen LogP contribution >= 0.6 is 0 Å². The van der Waals surface area contributed by atoms with Crippen LogP contribution in [-0.4, -0.2) is 29.1 Å². The average molecular weight is 636 g/mol. The van der Waals surface area contributed by atoms with Gasteiger partial charge in [-0.25, -0.2) is 4.79 Å². The van der Waals surface area contributed by atoms with Crippen LogP contribution in [0.2, 0.25) is 0 Å². The number of ketones is 1. The summed E-state index contributed by atoms with van der Waals surface area (Å²) in [7, 11) is 0. The summed E-state index contributed by atoms with van der Waals surface area (Å²) in [5, 5.41) is 0. The number of hydrogen-bond donors (Lipinski definition) is 0. The Kier molecular flexibility index (Phi) is 12.6. The molecule has 0 radical (unpaired) electrons. The van der Waals surface area contributed by atoms with Crippen LogP contribution in [0, 0.1) is 0 Å². The van der Waals surface area contributed by atoms with E-state index < -0.39 is 18.0 Å². The standard InChI is InChI=1S/C41H49NO5/c1-3-5-10-25-35-29-37(43)30-36(42(35)40(44)45-31-32-19-12-7-13-20-32)26-18-28-41(34-23-16-9-17-24-34)39(33-21-14-8-15-22-33)46-38(47-41)27-11-6-4-2/h7-9,11-17,19-24,27,30,35,38-39H,3-6,10,18,25-26,28-29,31H2,1-2H3/b27-11+/t35-,38?,39-,41-/m1/s1. The van der Waals surface area contributed by atoms with Crippen molar-refractivity contribution in [2.45, 2.75) is 109 Å². The molecule has 4 atom stereocenters. The summed E-state index contributed by atoms with van der Waals surface area (Å²) in [6, 6.07) is 30.1. The van der Waals surface area contributed by atoms with Crippen molar-refractivity contribution < 1.29 is 23.8 Å². The fourth-order valence-corrected chi connectivity index (χ4v) is 6.76. The van der Waals surface area contributed by atoms with Crippen LogP contribution in [0.3, 0.4) is 0 Å². The molecule has 1 saturated heterocycles. The SMILES string of the molecule is CCC/C=C/C1O[C@H](c2ccccc2)[C@@](CCCC2=CC(=O)C[C@@H](CCCCC)N2C(=O)OCc2ccccc2)(c2ccccc2)O1. The molecule has 3 aromatic rings. The summed E-state index contributed by atoms with van der Waals surface area (Å²) in [6.45, 7) is 4.50. The molecule has 0 aromatic heterocycles. The lowest BCUT2D eigenvalue weighted by atomic mass is 9.80. The molecule has 47 heavy (non-hydrogen) atoms. The number of carbonyl (C=O) groups excluding carboxylic acids is 2. The molecule has 0 spiro atoms. The van der Waals surface area contributed by atoms with Gasteiger partial charge >= 0.3 is 6.09 Å². The van der Waals surface area contributed by atoms with Crippen LogP contribution in [0.1, 0.15) is 101 Å². The molecule has 2 aliphatic rings. The smallest absolute Gasteiger partial charge is 0.414 e. The Labute approximate surface area is 280 Å². The van der Waals surface area contributed by atoms with Crippen molar-refractivity contribution in [2.24, 2.45) is 0 Å². The Morgan fingerprint density at radius 3 is 2.32 bits per heavy atom. The average Bonchev–Trinajstić information content (AvgIpc) is 3.48. The zero-order valence-corrected chi connectivity index (χ0v) is 27.9. The Balaban J connectivity index is 1.41. The monoisotopic (exact) mass is 635 g/mol. The summed E-state index contributed by atoms with van der Waals surface area (Å²) in [6.07, 6.45) is 12.6. The molecule has 0 N–H and O–H groups in total. The van der Waals surface area contributed by atoms with Crippen molar-refractivity contribution in [3.8, 4) is 0 Å². The Morgan fingerprint density at radius 1 is 0.915 bits per heavy atom. The predicted molar refractivity (Wildman–Crippen MR) is 185 cm³/mol. The molecule has 0 saturated carbocycles. The minimum absolute atomic E-state index is 0.0649. The number of allylic oxidation sites excluding steroid dienone is 3. The maximum absolute atomic E-state index is 13.7. The third-order valence-electron chi connectivity index (χ3n) is 9.10. The zero-order chi connectivity index (χ0) is 32.9. The van der Waals surface area contributed by atoms with Crippen LogP contribution in [-0.2, 0) is 31.2 Å². The fraction of sp³-hybridized carbons (Fsp3) is 0.415. The van der Waals surface area contributed by atoms with Crippen molar-refractivity contribution in [3.05, 3.63) is 132 Å². The Hall–Kier alpha value is -4.00. The summed E-state index contributed by atoms with van der Waals surface area (Å²) >= 11 is 0. The van der Waals surface area contributed by atoms with Crippen LogP contribution in [0.25, 0.3) is 0 Å². The van der Waals surface area contributed by atoms with Gasteiger partial charge in [-0.2, -0.15) is 0 Å². The van der Waals surface area contributed by atoms with Gasteiger partial charge in [0.05, 0.1) is 0 Å². The first kappa shape index (κ1) is 34.3. The zero-order valence-electron chi connectivity index (χ0n) is 27.9. The van der Waals surface area contributed by atoms with Gasteiger partial charge in [-0.15, -0.1) is 0 Å². The van der Waals surface area contributed by atoms with Gasteiger partial charge in [0.1, 0.15) is 18.3 Å². The summed E-state index contributed by atoms with van der Waals surface area (Å²) in [5.41, 5.74) is 2.99. The first-order valence-corrected chi connectivity index (χ1v) is 17.4. The predicted octanol–water partition coefficient (Wildman–Crippen LogP) is 9.97. The highest BCUT2D eigenvalue weighted by Gasteiger charge is 2.51. The molecule has 5 rings (SSSR count). The second-order valence-corrected chi connectivity index (χ2v) is 12.6. The molecular formula is C41H49NO5. The molecule has 0 aliphatic carbocycles. The van der Waals surface area contributed by atoms with Crippen LogP contribution in [0.15, 0.2) is 115 Å². The van der Waals surface area contributed by atoms with E-state index in [4.69, 9.17) is 14.2 Å². The van der Waals surface area contributed by atoms with Gasteiger partial charge in [-0.05, 0) is 54.9 Å². The topological polar surface area (TPSA) is 65.1 Å². The summed E-state index contributed by atoms with van der Waals surface area (Å²) in [4.78, 5) is 28.6. The van der Waals surface area contributed by atoms with Crippen molar-refractivity contribution >= 4 is 11.9 Å². The number of amides is 1. The minimum atomic E-state index is -0.762. The number of benzene rings is 3. The molecule has 2 heterocycles. The fourth-order valence-electron chi connectivity index (χ4n) is 6.76. The van der Waals surface area contributed by atoms with Crippen molar-refractivity contribution in [1.29, 1.82) is 0 Å². The molecule has 1 unspecified atom stereocenters. The van der Waals surface area contributed by atoms with Gasteiger partial charge in [-0.1, -0.05) is 137 Å². The Morgan fingerprint density at radius 2 is 1.62 bits per heavy atom. The lowest BCUT2D eigenvalue weighted by Crippen LogP contribution is -2.44. The van der Waals surface area contributed by atoms with E-state index in [2.05, 4.69) is 44.2 Å². The molecule has 1 amide bonds. The van der Waals surface area contributed by atoms with E-state index in [0.29, 0.717) is 25.7 Å². The van der Waals surface area contributed by atoms with Crippen molar-refractivity contribution in [2.75, 3.05) is 0 Å². The maximum atomic E-state index is 13.7. The van der Waals surface area contributed by atoms with Gasteiger partial charge < -0.3 is 14.2 Å². The van der Waals surface area contributed by atoms with Gasteiger partial charge in [-0.3, -0.25) is 9.69 Å². The van der Waals surface area contributed by atoms with E-state index in [1.165, 1.54) is 0 Å². The number of nitrogens with zero attached hydrogens (tertiary/aromatic N) is 1. The third kappa shape index (κ3) is 8.88. The molecule has 2 aliphatic heterocycles. The number of carbonyl (C=O) groups is 2. The van der Waals surface area contributed by atoms with Gasteiger partial charge in [0.25, 0.3) is 0 Å². The lowest BCUT2D eigenvalue weighted by molar-refractivity contribution is -0.116. The third-order valence-corrected chi connectivity index (χ3v) is 9.10. The first-order valence-electron chi connectivity index (χ1n) is 17.4. The van der Waals surface area contributed by atoms with E-state index in [-0.39, 0.29) is 24.5 Å². The van der Waals surface area contributed by atoms with E-state index in [1.807, 2.05) is 72.8 Å².